The van der Waals surface area contributed by atoms with Crippen LogP contribution in [0, 0.1) is 0 Å². The number of carbonyl (C=O) groups excluding carboxylic acids is 1. The zero-order valence-electron chi connectivity index (χ0n) is 23.7. The third kappa shape index (κ3) is 5.92. The van der Waals surface area contributed by atoms with Crippen LogP contribution in [0.25, 0.3) is 44.0 Å². The molecule has 216 valence electrons. The molecule has 8 rings (SSSR count). The van der Waals surface area contributed by atoms with E-state index < -0.39 is 8.69 Å². The van der Waals surface area contributed by atoms with Crippen molar-refractivity contribution in [2.75, 3.05) is 7.11 Å². The largest absolute Gasteiger partial charge is 0.465 e. The minimum absolute atomic E-state index is 0.363. The zero-order valence-corrected chi connectivity index (χ0v) is 24.6. The lowest BCUT2D eigenvalue weighted by molar-refractivity contribution is 0.0601. The molecule has 0 unspecified atom stereocenters. The van der Waals surface area contributed by atoms with E-state index in [1.54, 1.807) is 12.1 Å². The number of fused-ring (bicyclic) bond motifs is 5. The first-order chi connectivity index (χ1) is 21.6. The third-order valence-electron chi connectivity index (χ3n) is 7.45. The minimum atomic E-state index is -0.833. The first-order valence-corrected chi connectivity index (χ1v) is 14.6. The van der Waals surface area contributed by atoms with Gasteiger partial charge in [0.05, 0.1) is 23.7 Å². The zero-order chi connectivity index (χ0) is 30.5. The van der Waals surface area contributed by atoms with Crippen molar-refractivity contribution in [3.63, 3.8) is 0 Å². The van der Waals surface area contributed by atoms with Gasteiger partial charge in [-0.3, -0.25) is 0 Å². The fourth-order valence-electron chi connectivity index (χ4n) is 5.37. The monoisotopic (exact) mass is 598 g/mol. The van der Waals surface area contributed by atoms with Gasteiger partial charge in [0, 0.05) is 12.0 Å². The van der Waals surface area contributed by atoms with Crippen LogP contribution >= 0.6 is 8.69 Å². The number of para-hydroxylation sites is 2. The van der Waals surface area contributed by atoms with Crippen molar-refractivity contribution in [3.05, 3.63) is 138 Å². The Hall–Kier alpha value is -5.36. The molecule has 1 aromatic heterocycles. The number of hydrogen-bond acceptors (Lipinski definition) is 5. The Labute approximate surface area is 255 Å². The van der Waals surface area contributed by atoms with Crippen LogP contribution < -0.4 is 4.74 Å². The highest BCUT2D eigenvalue weighted by Gasteiger charge is 2.15. The lowest BCUT2D eigenvalue weighted by Crippen LogP contribution is -2.01. The fraction of sp³-hybridized carbons (Fsp3) is 0.0556. The molecule has 0 radical (unpaired) electrons. The van der Waals surface area contributed by atoms with Crippen molar-refractivity contribution in [2.45, 2.75) is 6.42 Å². The van der Waals surface area contributed by atoms with E-state index in [4.69, 9.17) is 23.9 Å². The molecule has 6 aromatic carbocycles. The summed E-state index contributed by atoms with van der Waals surface area (Å²) < 4.78 is 19.0. The highest BCUT2D eigenvalue weighted by Crippen LogP contribution is 2.36. The van der Waals surface area contributed by atoms with E-state index in [0.717, 1.165) is 45.7 Å². The number of imidazole rings is 1. The van der Waals surface area contributed by atoms with Crippen LogP contribution in [0.15, 0.2) is 121 Å². The Kier molecular flexibility index (Phi) is 8.41. The topological polar surface area (TPSA) is 102 Å². The maximum absolute atomic E-state index is 11.8. The average Bonchev–Trinajstić information content (AvgIpc) is 3.50. The number of H-pyrrole nitrogens is 1. The van der Waals surface area contributed by atoms with Gasteiger partial charge < -0.3 is 19.4 Å². The van der Waals surface area contributed by atoms with Gasteiger partial charge in [0.1, 0.15) is 17.3 Å². The summed E-state index contributed by atoms with van der Waals surface area (Å²) in [6, 6.07) is 40.7. The van der Waals surface area contributed by atoms with Gasteiger partial charge in [-0.2, -0.15) is 0 Å². The molecule has 1 aliphatic rings. The van der Waals surface area contributed by atoms with Crippen LogP contribution in [0.2, 0.25) is 0 Å². The molecule has 0 saturated heterocycles. The highest BCUT2D eigenvalue weighted by atomic mass is 31.1. The van der Waals surface area contributed by atoms with E-state index in [1.165, 1.54) is 34.4 Å². The van der Waals surface area contributed by atoms with Gasteiger partial charge in [-0.25, -0.2) is 14.3 Å². The molecular weight excluding hydrogens is 571 g/mol. The fourth-order valence-corrected chi connectivity index (χ4v) is 5.37. The number of esters is 1. The van der Waals surface area contributed by atoms with E-state index in [9.17, 15) is 4.79 Å². The summed E-state index contributed by atoms with van der Waals surface area (Å²) in [4.78, 5) is 26.9. The number of aromatic nitrogens is 2. The standard InChI is InChI=1S/C23H16N2O2.C13H10O.HO2P/c1-27-23(26)17-9-10-20-21(13-17)25-22(24-20)18-8-4-7-16-11-14-5-2-3-6-15(14)12-19(16)18;1-3-7-12-10(5-1)9-11-6-2-4-8-13(11)14-12;1-3-2/h2-13H,1H3,(H,24,25);1-8H,9H2;(H,1,2). The first-order valence-electron chi connectivity index (χ1n) is 13.9. The Balaban J connectivity index is 0.000000168. The molecule has 7 aromatic rings. The smallest absolute Gasteiger partial charge is 0.337 e. The average molecular weight is 599 g/mol. The van der Waals surface area contributed by atoms with Crippen LogP contribution in [-0.2, 0) is 15.7 Å². The van der Waals surface area contributed by atoms with Gasteiger partial charge in [0.25, 0.3) is 0 Å². The molecule has 7 nitrogen and oxygen atoms in total. The van der Waals surface area contributed by atoms with Gasteiger partial charge in [-0.15, -0.1) is 0 Å². The number of methoxy groups -OCH3 is 1. The highest BCUT2D eigenvalue weighted by molar-refractivity contribution is 7.16. The second-order valence-corrected chi connectivity index (χ2v) is 10.3. The normalized spacial score (nSPS) is 11.4. The predicted octanol–water partition coefficient (Wildman–Crippen LogP) is 8.89. The summed E-state index contributed by atoms with van der Waals surface area (Å²) in [6.07, 6.45) is 0.979. The number of rotatable bonds is 2. The van der Waals surface area contributed by atoms with E-state index in [2.05, 4.69) is 71.7 Å². The molecule has 44 heavy (non-hydrogen) atoms. The summed E-state index contributed by atoms with van der Waals surface area (Å²) in [6.45, 7) is 0. The van der Waals surface area contributed by atoms with Crippen molar-refractivity contribution in [1.82, 2.24) is 9.97 Å². The van der Waals surface area contributed by atoms with Crippen molar-refractivity contribution < 1.29 is 23.7 Å². The second kappa shape index (κ2) is 12.9. The summed E-state index contributed by atoms with van der Waals surface area (Å²) in [5.41, 5.74) is 5.69. The van der Waals surface area contributed by atoms with Crippen LogP contribution in [0.5, 0.6) is 11.5 Å². The molecule has 0 aliphatic carbocycles. The van der Waals surface area contributed by atoms with Crippen LogP contribution in [0.4, 0.5) is 0 Å². The van der Waals surface area contributed by atoms with E-state index in [1.807, 2.05) is 42.5 Å². The predicted molar refractivity (Wildman–Crippen MR) is 173 cm³/mol. The van der Waals surface area contributed by atoms with E-state index in [-0.39, 0.29) is 5.97 Å². The summed E-state index contributed by atoms with van der Waals surface area (Å²) in [5, 5.41) is 4.72. The quantitative estimate of drug-likeness (QED) is 0.117. The van der Waals surface area contributed by atoms with Crippen molar-refractivity contribution in [3.8, 4) is 22.9 Å². The summed E-state index contributed by atoms with van der Waals surface area (Å²) >= 11 is 0. The Morgan fingerprint density at radius 1 is 0.795 bits per heavy atom. The molecular formula is C36H27N2O5P. The number of benzene rings is 6. The summed E-state index contributed by atoms with van der Waals surface area (Å²) in [7, 11) is 0.545. The second-order valence-electron chi connectivity index (χ2n) is 10.1. The van der Waals surface area contributed by atoms with Gasteiger partial charge in [-0.1, -0.05) is 78.9 Å². The third-order valence-corrected chi connectivity index (χ3v) is 7.45. The minimum Gasteiger partial charge on any atom is -0.465 e. The first kappa shape index (κ1) is 28.7. The number of hydrogen-bond donors (Lipinski definition) is 2. The lowest BCUT2D eigenvalue weighted by atomic mass is 9.99. The number of ether oxygens (including phenoxy) is 2. The van der Waals surface area contributed by atoms with Gasteiger partial charge in [0.15, 0.2) is 0 Å². The Bertz CT molecular complexity index is 2050. The molecule has 2 N–H and O–H groups in total. The maximum Gasteiger partial charge on any atom is 0.337 e. The molecule has 1 aliphatic heterocycles. The number of carbonyl (C=O) groups is 1. The molecule has 8 heteroatoms. The number of aromatic amines is 1. The molecule has 0 amide bonds. The molecule has 2 heterocycles. The van der Waals surface area contributed by atoms with Crippen LogP contribution in [0.3, 0.4) is 0 Å². The molecule has 0 spiro atoms. The van der Waals surface area contributed by atoms with Crippen LogP contribution in [0.1, 0.15) is 21.5 Å². The van der Waals surface area contributed by atoms with Gasteiger partial charge >= 0.3 is 14.7 Å². The van der Waals surface area contributed by atoms with Gasteiger partial charge in [0.2, 0.25) is 0 Å². The Morgan fingerprint density at radius 2 is 1.41 bits per heavy atom. The molecule has 0 bridgehead atoms. The number of nitrogens with one attached hydrogen (secondary N) is 1. The maximum atomic E-state index is 11.8. The van der Waals surface area contributed by atoms with E-state index in [0.29, 0.717) is 5.56 Å². The SMILES string of the molecule is COC(=O)c1ccc2[nH]c(-c3cccc4cc5ccccc5cc34)nc2c1.O=PO.c1ccc2c(c1)Cc1ccccc1O2. The van der Waals surface area contributed by atoms with Crippen molar-refractivity contribution in [1.29, 1.82) is 0 Å². The lowest BCUT2D eigenvalue weighted by Gasteiger charge is -2.19. The van der Waals surface area contributed by atoms with Crippen molar-refractivity contribution in [2.24, 2.45) is 0 Å². The van der Waals surface area contributed by atoms with E-state index >= 15 is 0 Å². The molecule has 0 fully saturated rings. The van der Waals surface area contributed by atoms with Gasteiger partial charge in [-0.05, 0) is 75.1 Å². The number of nitrogens with zero attached hydrogens (tertiary/aromatic N) is 1. The molecule has 0 atom stereocenters. The molecule has 0 saturated carbocycles. The Morgan fingerprint density at radius 3 is 2.09 bits per heavy atom. The van der Waals surface area contributed by atoms with Crippen LogP contribution in [-0.4, -0.2) is 27.9 Å². The summed E-state index contributed by atoms with van der Waals surface area (Å²) in [5.74, 6) is 2.41. The van der Waals surface area contributed by atoms with Crippen molar-refractivity contribution >= 4 is 47.2 Å².